The first-order valence-electron chi connectivity index (χ1n) is 7.49. The highest BCUT2D eigenvalue weighted by molar-refractivity contribution is 5.83. The first-order chi connectivity index (χ1) is 10.8. The predicted octanol–water partition coefficient (Wildman–Crippen LogP) is 0.899. The molecular formula is C15H21N5O3. The van der Waals surface area contributed by atoms with E-state index >= 15 is 0 Å². The van der Waals surface area contributed by atoms with Crippen molar-refractivity contribution >= 4 is 17.7 Å². The lowest BCUT2D eigenvalue weighted by Gasteiger charge is -2.18. The van der Waals surface area contributed by atoms with Crippen LogP contribution in [-0.2, 0) is 16.0 Å². The van der Waals surface area contributed by atoms with Crippen molar-refractivity contribution in [1.29, 1.82) is 0 Å². The van der Waals surface area contributed by atoms with Gasteiger partial charge in [0.25, 0.3) is 5.78 Å². The summed E-state index contributed by atoms with van der Waals surface area (Å²) in [7, 11) is 0. The van der Waals surface area contributed by atoms with Crippen LogP contribution in [0.4, 0.5) is 0 Å². The highest BCUT2D eigenvalue weighted by Crippen LogP contribution is 2.15. The third-order valence-corrected chi connectivity index (χ3v) is 3.84. The molecule has 0 saturated carbocycles. The average molecular weight is 319 g/mol. The van der Waals surface area contributed by atoms with Gasteiger partial charge in [-0.15, -0.1) is 0 Å². The number of aromatic nitrogens is 4. The molecule has 1 unspecified atom stereocenters. The molecule has 2 rings (SSSR count). The number of fused-ring (bicyclic) bond motifs is 1. The van der Waals surface area contributed by atoms with Crippen LogP contribution in [0, 0.1) is 19.8 Å². The highest BCUT2D eigenvalue weighted by atomic mass is 16.4. The molecule has 8 heteroatoms. The normalized spacial score (nSPS) is 12.6. The van der Waals surface area contributed by atoms with Gasteiger partial charge in [-0.1, -0.05) is 13.8 Å². The van der Waals surface area contributed by atoms with E-state index in [9.17, 15) is 9.59 Å². The molecule has 0 aliphatic carbocycles. The van der Waals surface area contributed by atoms with Crippen LogP contribution in [0.2, 0.25) is 0 Å². The zero-order valence-electron chi connectivity index (χ0n) is 13.7. The smallest absolute Gasteiger partial charge is 0.326 e. The number of amides is 1. The van der Waals surface area contributed by atoms with Crippen LogP contribution < -0.4 is 5.32 Å². The van der Waals surface area contributed by atoms with Crippen LogP contribution in [0.15, 0.2) is 6.33 Å². The first kappa shape index (κ1) is 16.9. The molecule has 1 atom stereocenters. The summed E-state index contributed by atoms with van der Waals surface area (Å²) in [6, 6.07) is -0.874. The fourth-order valence-corrected chi connectivity index (χ4v) is 2.51. The molecular weight excluding hydrogens is 298 g/mol. The number of nitrogens with zero attached hydrogens (tertiary/aromatic N) is 4. The molecule has 2 N–H and O–H groups in total. The number of hydrogen-bond donors (Lipinski definition) is 2. The van der Waals surface area contributed by atoms with Crippen molar-refractivity contribution in [2.75, 3.05) is 0 Å². The molecule has 0 aliphatic heterocycles. The van der Waals surface area contributed by atoms with Gasteiger partial charge in [0.15, 0.2) is 0 Å². The summed E-state index contributed by atoms with van der Waals surface area (Å²) >= 11 is 0. The topological polar surface area (TPSA) is 109 Å². The fraction of sp³-hybridized carbons (Fsp3) is 0.533. The van der Waals surface area contributed by atoms with Crippen LogP contribution >= 0.6 is 0 Å². The third-order valence-electron chi connectivity index (χ3n) is 3.84. The van der Waals surface area contributed by atoms with E-state index in [2.05, 4.69) is 20.4 Å². The largest absolute Gasteiger partial charge is 0.480 e. The van der Waals surface area contributed by atoms with Gasteiger partial charge in [0.1, 0.15) is 12.4 Å². The maximum Gasteiger partial charge on any atom is 0.326 e. The van der Waals surface area contributed by atoms with Crippen molar-refractivity contribution in [3.63, 3.8) is 0 Å². The molecule has 1 amide bonds. The Kier molecular flexibility index (Phi) is 4.92. The highest BCUT2D eigenvalue weighted by Gasteiger charge is 2.23. The van der Waals surface area contributed by atoms with Crippen molar-refractivity contribution in [3.8, 4) is 0 Å². The molecule has 2 aromatic rings. The Morgan fingerprint density at radius 3 is 2.65 bits per heavy atom. The van der Waals surface area contributed by atoms with E-state index in [-0.39, 0.29) is 18.2 Å². The number of nitrogens with one attached hydrogen (secondary N) is 1. The monoisotopic (exact) mass is 319 g/mol. The molecule has 0 spiro atoms. The molecule has 0 aromatic carbocycles. The van der Waals surface area contributed by atoms with Crippen molar-refractivity contribution < 1.29 is 14.7 Å². The van der Waals surface area contributed by atoms with E-state index in [1.54, 1.807) is 18.4 Å². The van der Waals surface area contributed by atoms with Gasteiger partial charge < -0.3 is 10.4 Å². The summed E-state index contributed by atoms with van der Waals surface area (Å²) < 4.78 is 1.63. The van der Waals surface area contributed by atoms with Gasteiger partial charge in [-0.2, -0.15) is 10.1 Å². The Morgan fingerprint density at radius 2 is 2.04 bits per heavy atom. The van der Waals surface area contributed by atoms with Crippen LogP contribution in [0.25, 0.3) is 5.78 Å². The van der Waals surface area contributed by atoms with Gasteiger partial charge in [0, 0.05) is 17.8 Å². The molecule has 124 valence electrons. The number of carbonyl (C=O) groups is 2. The average Bonchev–Trinajstić information content (AvgIpc) is 2.92. The van der Waals surface area contributed by atoms with Crippen molar-refractivity contribution in [2.45, 2.75) is 46.6 Å². The second-order valence-corrected chi connectivity index (χ2v) is 5.86. The molecule has 0 aliphatic rings. The molecule has 0 saturated heterocycles. The van der Waals surface area contributed by atoms with E-state index in [0.717, 1.165) is 17.0 Å². The number of aliphatic carboxylic acids is 1. The van der Waals surface area contributed by atoms with E-state index in [4.69, 9.17) is 5.11 Å². The van der Waals surface area contributed by atoms with Crippen LogP contribution in [0.5, 0.6) is 0 Å². The van der Waals surface area contributed by atoms with E-state index in [0.29, 0.717) is 12.2 Å². The van der Waals surface area contributed by atoms with E-state index in [1.165, 1.54) is 6.33 Å². The number of aryl methyl sites for hydroxylation is 2. The molecule has 2 heterocycles. The lowest BCUT2D eigenvalue weighted by Crippen LogP contribution is -2.44. The molecule has 2 aromatic heterocycles. The molecule has 0 radical (unpaired) electrons. The third kappa shape index (κ3) is 3.64. The van der Waals surface area contributed by atoms with Gasteiger partial charge in [-0.25, -0.2) is 14.3 Å². The SMILES string of the molecule is Cc1nc2ncnn2c(C)c1CCC(=O)NC(C(=O)O)C(C)C. The molecule has 23 heavy (non-hydrogen) atoms. The number of carbonyl (C=O) groups excluding carboxylic acids is 1. The lowest BCUT2D eigenvalue weighted by atomic mass is 10.0. The van der Waals surface area contributed by atoms with Crippen LogP contribution in [0.3, 0.4) is 0 Å². The summed E-state index contributed by atoms with van der Waals surface area (Å²) in [4.78, 5) is 31.6. The van der Waals surface area contributed by atoms with Gasteiger partial charge in [0.05, 0.1) is 0 Å². The second kappa shape index (κ2) is 6.72. The van der Waals surface area contributed by atoms with E-state index < -0.39 is 12.0 Å². The van der Waals surface area contributed by atoms with E-state index in [1.807, 2.05) is 13.8 Å². The van der Waals surface area contributed by atoms with Gasteiger partial charge in [-0.3, -0.25) is 4.79 Å². The van der Waals surface area contributed by atoms with Crippen LogP contribution in [-0.4, -0.2) is 42.6 Å². The molecule has 0 fully saturated rings. The number of carboxylic acids is 1. The van der Waals surface area contributed by atoms with Crippen molar-refractivity contribution in [3.05, 3.63) is 23.3 Å². The Bertz CT molecular complexity index is 738. The minimum atomic E-state index is -1.02. The minimum Gasteiger partial charge on any atom is -0.480 e. The second-order valence-electron chi connectivity index (χ2n) is 5.86. The van der Waals surface area contributed by atoms with Gasteiger partial charge >= 0.3 is 5.97 Å². The van der Waals surface area contributed by atoms with Crippen LogP contribution in [0.1, 0.15) is 37.2 Å². The first-order valence-corrected chi connectivity index (χ1v) is 7.49. The lowest BCUT2D eigenvalue weighted by molar-refractivity contribution is -0.143. The number of rotatable bonds is 6. The van der Waals surface area contributed by atoms with Gasteiger partial charge in [0.2, 0.25) is 5.91 Å². The Labute approximate surface area is 133 Å². The molecule has 8 nitrogen and oxygen atoms in total. The molecule has 0 bridgehead atoms. The van der Waals surface area contributed by atoms with Gasteiger partial charge in [-0.05, 0) is 31.7 Å². The minimum absolute atomic E-state index is 0.173. The summed E-state index contributed by atoms with van der Waals surface area (Å²) in [6.45, 7) is 7.28. The quantitative estimate of drug-likeness (QED) is 0.818. The summed E-state index contributed by atoms with van der Waals surface area (Å²) in [5.41, 5.74) is 2.61. The predicted molar refractivity (Wildman–Crippen MR) is 83.0 cm³/mol. The fourth-order valence-electron chi connectivity index (χ4n) is 2.51. The summed E-state index contributed by atoms with van der Waals surface area (Å²) in [5.74, 6) is -0.956. The zero-order chi connectivity index (χ0) is 17.1. The Hall–Kier alpha value is -2.51. The maximum atomic E-state index is 12.0. The standard InChI is InChI=1S/C15H21N5O3/c1-8(2)13(14(22)23)19-12(21)6-5-11-9(3)18-15-16-7-17-20(15)10(11)4/h7-8,13H,5-6H2,1-4H3,(H,19,21)(H,22,23). The number of hydrogen-bond acceptors (Lipinski definition) is 5. The summed E-state index contributed by atoms with van der Waals surface area (Å²) in [6.07, 6.45) is 2.10. The van der Waals surface area contributed by atoms with Crippen molar-refractivity contribution in [1.82, 2.24) is 24.9 Å². The number of carboxylic acid groups (broad SMARTS) is 1. The Morgan fingerprint density at radius 1 is 1.35 bits per heavy atom. The summed E-state index contributed by atoms with van der Waals surface area (Å²) in [5, 5.41) is 15.8. The Balaban J connectivity index is 2.09. The maximum absolute atomic E-state index is 12.0. The van der Waals surface area contributed by atoms with Crippen molar-refractivity contribution in [2.24, 2.45) is 5.92 Å². The zero-order valence-corrected chi connectivity index (χ0v) is 13.7.